The SMILES string of the molecule is CCCCCC/C=C/CP. The van der Waals surface area contributed by atoms with Gasteiger partial charge < -0.3 is 0 Å². The zero-order valence-corrected chi connectivity index (χ0v) is 8.13. The molecule has 0 aliphatic carbocycles. The predicted octanol–water partition coefficient (Wildman–Crippen LogP) is 3.39. The summed E-state index contributed by atoms with van der Waals surface area (Å²) in [6.45, 7) is 2.25. The number of allylic oxidation sites excluding steroid dienone is 2. The molecule has 1 unspecified atom stereocenters. The lowest BCUT2D eigenvalue weighted by Crippen LogP contribution is -1.73. The van der Waals surface area contributed by atoms with Crippen LogP contribution in [0.1, 0.15) is 39.0 Å². The fraction of sp³-hybridized carbons (Fsp3) is 0.778. The molecule has 0 saturated carbocycles. The zero-order chi connectivity index (χ0) is 7.66. The molecule has 0 N–H and O–H groups in total. The summed E-state index contributed by atoms with van der Waals surface area (Å²) in [6, 6.07) is 0. The van der Waals surface area contributed by atoms with E-state index in [9.17, 15) is 0 Å². The van der Waals surface area contributed by atoms with Crippen LogP contribution in [0.2, 0.25) is 0 Å². The van der Waals surface area contributed by atoms with Crippen molar-refractivity contribution in [2.75, 3.05) is 6.16 Å². The molecule has 0 aromatic rings. The molecule has 0 saturated heterocycles. The first kappa shape index (κ1) is 10.2. The lowest BCUT2D eigenvalue weighted by atomic mass is 10.1. The first-order chi connectivity index (χ1) is 4.91. The average molecular weight is 158 g/mol. The highest BCUT2D eigenvalue weighted by Crippen LogP contribution is 2.02. The van der Waals surface area contributed by atoms with Crippen LogP contribution < -0.4 is 0 Å². The molecule has 0 heterocycles. The molecule has 0 nitrogen and oxygen atoms in total. The van der Waals surface area contributed by atoms with E-state index in [1.54, 1.807) is 0 Å². The first-order valence-electron chi connectivity index (χ1n) is 4.27. The van der Waals surface area contributed by atoms with Gasteiger partial charge in [-0.05, 0) is 19.0 Å². The topological polar surface area (TPSA) is 0 Å². The predicted molar refractivity (Wildman–Crippen MR) is 52.5 cm³/mol. The molecular formula is C9H19P. The second-order valence-corrected chi connectivity index (χ2v) is 3.03. The molecule has 0 aromatic heterocycles. The summed E-state index contributed by atoms with van der Waals surface area (Å²) < 4.78 is 0. The largest absolute Gasteiger partial charge is 0.134 e. The standard InChI is InChI=1S/C9H19P/c1-2-3-4-5-6-7-8-9-10/h7-8H,2-6,9-10H2,1H3/b8-7+. The van der Waals surface area contributed by atoms with Crippen LogP contribution in [0.3, 0.4) is 0 Å². The first-order valence-corrected chi connectivity index (χ1v) is 5.08. The van der Waals surface area contributed by atoms with E-state index >= 15 is 0 Å². The Kier molecular flexibility index (Phi) is 9.33. The van der Waals surface area contributed by atoms with Crippen LogP contribution in [0, 0.1) is 0 Å². The molecule has 1 heteroatoms. The van der Waals surface area contributed by atoms with E-state index in [4.69, 9.17) is 0 Å². The van der Waals surface area contributed by atoms with Gasteiger partial charge >= 0.3 is 0 Å². The van der Waals surface area contributed by atoms with Crippen molar-refractivity contribution in [1.82, 2.24) is 0 Å². The summed E-state index contributed by atoms with van der Waals surface area (Å²) in [7, 11) is 2.70. The van der Waals surface area contributed by atoms with E-state index in [-0.39, 0.29) is 0 Å². The normalized spacial score (nSPS) is 11.0. The monoisotopic (exact) mass is 158 g/mol. The van der Waals surface area contributed by atoms with Gasteiger partial charge in [-0.2, -0.15) is 0 Å². The van der Waals surface area contributed by atoms with Crippen molar-refractivity contribution in [3.05, 3.63) is 12.2 Å². The van der Waals surface area contributed by atoms with E-state index in [0.717, 1.165) is 6.16 Å². The average Bonchev–Trinajstić information content (AvgIpc) is 1.97. The molecule has 0 amide bonds. The van der Waals surface area contributed by atoms with Crippen LogP contribution >= 0.6 is 9.24 Å². The smallest absolute Gasteiger partial charge is 0.0200 e. The van der Waals surface area contributed by atoms with Gasteiger partial charge in [0.25, 0.3) is 0 Å². The van der Waals surface area contributed by atoms with Gasteiger partial charge in [-0.25, -0.2) is 0 Å². The third-order valence-electron chi connectivity index (χ3n) is 1.53. The molecule has 0 radical (unpaired) electrons. The number of unbranched alkanes of at least 4 members (excludes halogenated alkanes) is 4. The van der Waals surface area contributed by atoms with Crippen molar-refractivity contribution < 1.29 is 0 Å². The maximum Gasteiger partial charge on any atom is -0.0200 e. The van der Waals surface area contributed by atoms with Crippen molar-refractivity contribution in [2.24, 2.45) is 0 Å². The van der Waals surface area contributed by atoms with E-state index in [2.05, 4.69) is 28.3 Å². The molecule has 0 bridgehead atoms. The summed E-state index contributed by atoms with van der Waals surface area (Å²) in [4.78, 5) is 0. The van der Waals surface area contributed by atoms with Gasteiger partial charge in [-0.15, -0.1) is 9.24 Å². The zero-order valence-electron chi connectivity index (χ0n) is 6.97. The molecule has 0 rings (SSSR count). The Balaban J connectivity index is 2.83. The fourth-order valence-electron chi connectivity index (χ4n) is 0.903. The number of hydrogen-bond acceptors (Lipinski definition) is 0. The molecule has 0 aromatic carbocycles. The summed E-state index contributed by atoms with van der Waals surface area (Å²) in [5, 5.41) is 0. The second kappa shape index (κ2) is 9.17. The summed E-state index contributed by atoms with van der Waals surface area (Å²) >= 11 is 0. The third-order valence-corrected chi connectivity index (χ3v) is 1.80. The quantitative estimate of drug-likeness (QED) is 0.316. The van der Waals surface area contributed by atoms with Crippen LogP contribution in [-0.4, -0.2) is 6.16 Å². The maximum atomic E-state index is 2.70. The molecule has 10 heavy (non-hydrogen) atoms. The Morgan fingerprint density at radius 3 is 2.50 bits per heavy atom. The van der Waals surface area contributed by atoms with Crippen molar-refractivity contribution in [3.63, 3.8) is 0 Å². The van der Waals surface area contributed by atoms with Crippen LogP contribution in [0.4, 0.5) is 0 Å². The van der Waals surface area contributed by atoms with Crippen molar-refractivity contribution in [1.29, 1.82) is 0 Å². The number of hydrogen-bond donors (Lipinski definition) is 0. The van der Waals surface area contributed by atoms with Gasteiger partial charge in [0, 0.05) is 0 Å². The van der Waals surface area contributed by atoms with Gasteiger partial charge in [0.1, 0.15) is 0 Å². The van der Waals surface area contributed by atoms with Gasteiger partial charge in [0.2, 0.25) is 0 Å². The van der Waals surface area contributed by atoms with E-state index in [1.807, 2.05) is 0 Å². The van der Waals surface area contributed by atoms with Crippen LogP contribution in [0.5, 0.6) is 0 Å². The minimum absolute atomic E-state index is 1.10. The summed E-state index contributed by atoms with van der Waals surface area (Å²) in [6.07, 6.45) is 12.4. The summed E-state index contributed by atoms with van der Waals surface area (Å²) in [5.74, 6) is 0. The van der Waals surface area contributed by atoms with Crippen LogP contribution in [0.25, 0.3) is 0 Å². The van der Waals surface area contributed by atoms with E-state index in [0.29, 0.717) is 0 Å². The lowest BCUT2D eigenvalue weighted by Gasteiger charge is -1.92. The Bertz CT molecular complexity index is 76.8. The van der Waals surface area contributed by atoms with Crippen LogP contribution in [-0.2, 0) is 0 Å². The fourth-order valence-corrected chi connectivity index (χ4v) is 1.10. The van der Waals surface area contributed by atoms with E-state index in [1.165, 1.54) is 32.1 Å². The second-order valence-electron chi connectivity index (χ2n) is 2.56. The molecular weight excluding hydrogens is 139 g/mol. The Hall–Kier alpha value is 0.170. The maximum absolute atomic E-state index is 2.70. The molecule has 1 atom stereocenters. The lowest BCUT2D eigenvalue weighted by molar-refractivity contribution is 0.674. The number of rotatable bonds is 6. The Labute approximate surface area is 67.3 Å². The summed E-state index contributed by atoms with van der Waals surface area (Å²) in [5.41, 5.74) is 0. The molecule has 0 spiro atoms. The van der Waals surface area contributed by atoms with Gasteiger partial charge in [0.15, 0.2) is 0 Å². The van der Waals surface area contributed by atoms with E-state index < -0.39 is 0 Å². The van der Waals surface area contributed by atoms with Gasteiger partial charge in [0.05, 0.1) is 0 Å². The Morgan fingerprint density at radius 1 is 1.10 bits per heavy atom. The van der Waals surface area contributed by atoms with Crippen LogP contribution in [0.15, 0.2) is 12.2 Å². The van der Waals surface area contributed by atoms with Crippen molar-refractivity contribution in [3.8, 4) is 0 Å². The highest BCUT2D eigenvalue weighted by Gasteiger charge is 1.82. The Morgan fingerprint density at radius 2 is 1.90 bits per heavy atom. The third kappa shape index (κ3) is 8.17. The molecule has 0 aliphatic rings. The van der Waals surface area contributed by atoms with Gasteiger partial charge in [-0.3, -0.25) is 0 Å². The van der Waals surface area contributed by atoms with Crippen molar-refractivity contribution in [2.45, 2.75) is 39.0 Å². The molecule has 60 valence electrons. The van der Waals surface area contributed by atoms with Crippen molar-refractivity contribution >= 4 is 9.24 Å². The highest BCUT2D eigenvalue weighted by atomic mass is 31.0. The molecule has 0 fully saturated rings. The molecule has 0 aliphatic heterocycles. The minimum atomic E-state index is 1.10. The van der Waals surface area contributed by atoms with Gasteiger partial charge in [-0.1, -0.05) is 38.3 Å². The minimum Gasteiger partial charge on any atom is -0.134 e. The highest BCUT2D eigenvalue weighted by molar-refractivity contribution is 7.16.